The average molecular weight is 228 g/mol. The summed E-state index contributed by atoms with van der Waals surface area (Å²) in [5.74, 6) is 0. The van der Waals surface area contributed by atoms with Gasteiger partial charge >= 0.3 is 62.1 Å². The molecule has 2 heteroatoms. The second kappa shape index (κ2) is 3.67. The molecule has 0 rings (SSSR count). The van der Waals surface area contributed by atoms with E-state index in [4.69, 9.17) is 5.73 Å². The minimum absolute atomic E-state index is 0.141. The van der Waals surface area contributed by atoms with Crippen LogP contribution in [-0.2, 0) is 0 Å². The van der Waals surface area contributed by atoms with Crippen LogP contribution in [0.4, 0.5) is 0 Å². The van der Waals surface area contributed by atoms with Crippen molar-refractivity contribution in [1.82, 2.24) is 0 Å². The van der Waals surface area contributed by atoms with Gasteiger partial charge in [0.25, 0.3) is 0 Å². The van der Waals surface area contributed by atoms with Crippen LogP contribution in [0.15, 0.2) is 0 Å². The van der Waals surface area contributed by atoms with E-state index in [1.807, 2.05) is 0 Å². The monoisotopic (exact) mass is 228 g/mol. The SMILES string of the molecule is CCC(C)(N)C[I-]C. The molecule has 0 heterocycles. The zero-order chi connectivity index (χ0) is 6.62. The third-order valence-electron chi connectivity index (χ3n) is 1.25. The van der Waals surface area contributed by atoms with Gasteiger partial charge in [-0.25, -0.2) is 0 Å². The number of rotatable bonds is 3. The fraction of sp³-hybridized carbons (Fsp3) is 1.00. The van der Waals surface area contributed by atoms with Crippen molar-refractivity contribution < 1.29 is 21.2 Å². The normalized spacial score (nSPS) is 18.5. The van der Waals surface area contributed by atoms with Crippen LogP contribution in [0.2, 0.25) is 0 Å². The van der Waals surface area contributed by atoms with Crippen LogP contribution in [0.1, 0.15) is 20.3 Å². The molecule has 0 saturated carbocycles. The van der Waals surface area contributed by atoms with Crippen LogP contribution >= 0.6 is 0 Å². The second-order valence-corrected chi connectivity index (χ2v) is 4.70. The predicted molar refractivity (Wildman–Crippen MR) is 33.7 cm³/mol. The van der Waals surface area contributed by atoms with Gasteiger partial charge in [-0.1, -0.05) is 0 Å². The van der Waals surface area contributed by atoms with Crippen LogP contribution in [-0.4, -0.2) is 14.9 Å². The maximum atomic E-state index is 5.85. The summed E-state index contributed by atoms with van der Waals surface area (Å²) in [5, 5.41) is 0. The molecule has 52 valence electrons. The summed E-state index contributed by atoms with van der Waals surface area (Å²) in [7, 11) is 0. The first-order chi connectivity index (χ1) is 3.62. The van der Waals surface area contributed by atoms with Gasteiger partial charge in [0.15, 0.2) is 0 Å². The Kier molecular flexibility index (Phi) is 3.98. The van der Waals surface area contributed by atoms with Crippen molar-refractivity contribution in [3.63, 3.8) is 0 Å². The van der Waals surface area contributed by atoms with Crippen molar-refractivity contribution in [3.05, 3.63) is 0 Å². The molecule has 1 nitrogen and oxygen atoms in total. The van der Waals surface area contributed by atoms with E-state index in [1.165, 1.54) is 4.43 Å². The first kappa shape index (κ1) is 8.69. The molecule has 0 aromatic heterocycles. The van der Waals surface area contributed by atoms with Gasteiger partial charge in [-0.2, -0.15) is 0 Å². The van der Waals surface area contributed by atoms with E-state index in [1.54, 1.807) is 0 Å². The quantitative estimate of drug-likeness (QED) is 0.432. The van der Waals surface area contributed by atoms with Crippen molar-refractivity contribution in [1.29, 1.82) is 0 Å². The summed E-state index contributed by atoms with van der Waals surface area (Å²) < 4.78 is 1.25. The Balaban J connectivity index is 3.37. The van der Waals surface area contributed by atoms with Crippen molar-refractivity contribution >= 4 is 0 Å². The zero-order valence-corrected chi connectivity index (χ0v) is 8.03. The molecule has 0 aromatic carbocycles. The van der Waals surface area contributed by atoms with E-state index in [-0.39, 0.29) is 5.54 Å². The van der Waals surface area contributed by atoms with Crippen LogP contribution in [0.5, 0.6) is 0 Å². The van der Waals surface area contributed by atoms with E-state index in [9.17, 15) is 0 Å². The fourth-order valence-electron chi connectivity index (χ4n) is 0.400. The summed E-state index contributed by atoms with van der Waals surface area (Å²) in [6, 6.07) is 0. The Hall–Kier alpha value is 0.690. The molecule has 0 radical (unpaired) electrons. The fourth-order valence-corrected chi connectivity index (χ4v) is 2.68. The first-order valence-corrected chi connectivity index (χ1v) is 6.53. The van der Waals surface area contributed by atoms with E-state index in [0.717, 1.165) is 6.42 Å². The summed E-state index contributed by atoms with van der Waals surface area (Å²) in [6.45, 7) is 4.29. The summed E-state index contributed by atoms with van der Waals surface area (Å²) in [4.78, 5) is 2.28. The molecular formula is C6H15IN-. The molecular weight excluding hydrogens is 213 g/mol. The molecule has 0 amide bonds. The second-order valence-electron chi connectivity index (χ2n) is 2.41. The van der Waals surface area contributed by atoms with Gasteiger partial charge in [0.2, 0.25) is 0 Å². The van der Waals surface area contributed by atoms with Gasteiger partial charge in [0.1, 0.15) is 0 Å². The standard InChI is InChI=1S/C6H15IN/c1-4-6(2,8)5-7-3/h4-5,8H2,1-3H3/q-1. The summed E-state index contributed by atoms with van der Waals surface area (Å²) >= 11 is 0.386. The van der Waals surface area contributed by atoms with Crippen LogP contribution < -0.4 is 26.9 Å². The third-order valence-corrected chi connectivity index (χ3v) is 3.75. The Bertz CT molecular complexity index is 61.5. The third kappa shape index (κ3) is 3.66. The minimum atomic E-state index is 0.141. The topological polar surface area (TPSA) is 26.0 Å². The van der Waals surface area contributed by atoms with Crippen molar-refractivity contribution in [3.8, 4) is 0 Å². The Morgan fingerprint density at radius 3 is 2.25 bits per heavy atom. The average Bonchev–Trinajstić information content (AvgIpc) is 1.67. The molecule has 0 aliphatic carbocycles. The molecule has 0 fully saturated rings. The molecule has 0 aliphatic rings. The maximum absolute atomic E-state index is 5.85. The van der Waals surface area contributed by atoms with E-state index in [2.05, 4.69) is 18.8 Å². The van der Waals surface area contributed by atoms with Gasteiger partial charge in [-0.3, -0.25) is 0 Å². The molecule has 0 saturated heterocycles. The molecule has 0 bridgehead atoms. The van der Waals surface area contributed by atoms with Gasteiger partial charge < -0.3 is 0 Å². The Labute approximate surface area is 62.3 Å². The number of hydrogen-bond acceptors (Lipinski definition) is 1. The van der Waals surface area contributed by atoms with Gasteiger partial charge in [-0.05, 0) is 0 Å². The molecule has 1 unspecified atom stereocenters. The van der Waals surface area contributed by atoms with Crippen molar-refractivity contribution in [2.45, 2.75) is 25.8 Å². The molecule has 0 aliphatic heterocycles. The van der Waals surface area contributed by atoms with Gasteiger partial charge in [0.05, 0.1) is 0 Å². The molecule has 8 heavy (non-hydrogen) atoms. The summed E-state index contributed by atoms with van der Waals surface area (Å²) in [6.07, 6.45) is 1.11. The molecule has 1 atom stereocenters. The first-order valence-electron chi connectivity index (χ1n) is 2.85. The number of halogens is 1. The van der Waals surface area contributed by atoms with E-state index >= 15 is 0 Å². The number of alkyl halides is 2. The Morgan fingerprint density at radius 1 is 1.62 bits per heavy atom. The molecule has 0 spiro atoms. The van der Waals surface area contributed by atoms with Gasteiger partial charge in [0, 0.05) is 0 Å². The predicted octanol–water partition coefficient (Wildman–Crippen LogP) is -2.17. The van der Waals surface area contributed by atoms with Crippen LogP contribution in [0, 0.1) is 0 Å². The number of hydrogen-bond donors (Lipinski definition) is 1. The van der Waals surface area contributed by atoms with Crippen LogP contribution in [0.3, 0.4) is 0 Å². The molecule has 2 N–H and O–H groups in total. The van der Waals surface area contributed by atoms with Gasteiger partial charge in [-0.15, -0.1) is 0 Å². The zero-order valence-electron chi connectivity index (χ0n) is 5.87. The number of nitrogens with two attached hydrogens (primary N) is 1. The van der Waals surface area contributed by atoms with E-state index in [0.29, 0.717) is 21.2 Å². The summed E-state index contributed by atoms with van der Waals surface area (Å²) in [5.41, 5.74) is 5.99. The van der Waals surface area contributed by atoms with Crippen molar-refractivity contribution in [2.75, 3.05) is 9.36 Å². The van der Waals surface area contributed by atoms with E-state index < -0.39 is 0 Å². The van der Waals surface area contributed by atoms with Crippen LogP contribution in [0.25, 0.3) is 0 Å². The van der Waals surface area contributed by atoms with Crippen molar-refractivity contribution in [2.24, 2.45) is 5.73 Å². The molecule has 0 aromatic rings. The Morgan fingerprint density at radius 2 is 2.12 bits per heavy atom.